The Hall–Kier alpha value is -3.17. The third-order valence-corrected chi connectivity index (χ3v) is 10.5. The van der Waals surface area contributed by atoms with Gasteiger partial charge in [0.2, 0.25) is 0 Å². The Morgan fingerprint density at radius 3 is 2.44 bits per heavy atom. The maximum Gasteiger partial charge on any atom is 0.412 e. The van der Waals surface area contributed by atoms with E-state index in [4.69, 9.17) is 8.92 Å². The number of hydrogen-bond acceptors (Lipinski definition) is 10. The molecule has 1 aliphatic heterocycles. The molecule has 0 fully saturated rings. The van der Waals surface area contributed by atoms with Gasteiger partial charge < -0.3 is 14.9 Å². The summed E-state index contributed by atoms with van der Waals surface area (Å²) < 4.78 is 77.8. The van der Waals surface area contributed by atoms with Gasteiger partial charge in [0.05, 0.1) is 34.6 Å². The van der Waals surface area contributed by atoms with Crippen molar-refractivity contribution in [2.24, 2.45) is 17.3 Å². The van der Waals surface area contributed by atoms with Crippen molar-refractivity contribution in [2.45, 2.75) is 96.8 Å². The number of Topliss-reactive ketones (excluding diaryl/α,β-unsaturated/α-hetero) is 1. The fourth-order valence-corrected chi connectivity index (χ4v) is 6.69. The van der Waals surface area contributed by atoms with E-state index in [9.17, 15) is 41.4 Å². The standard InChI is InChI=1S/C34H42F3NO8S2/c1-20-10-13-26(14-11-20)48(43,44)45-18-29-38-25(19-47-29)16-22(3)27-15-12-24(34(35,36)37)9-7-8-21(2)31(41)23(4)32(42)33(5,6)28(39)17-30(40)46-27/h7-8,10-14,16,19,21,23,27-28,31,39,41H,9,15,17-18H2,1-6H3/b8-7+,22-16+,24-12+/t21-,23+,27?,28-,31-/m0/s1. The second-order valence-corrected chi connectivity index (χ2v) is 15.2. The minimum Gasteiger partial charge on any atom is -0.457 e. The minimum absolute atomic E-state index is 0.0105. The van der Waals surface area contributed by atoms with Crippen molar-refractivity contribution in [3.05, 3.63) is 75.3 Å². The first-order valence-electron chi connectivity index (χ1n) is 15.3. The van der Waals surface area contributed by atoms with Crippen LogP contribution in [0.2, 0.25) is 0 Å². The predicted molar refractivity (Wildman–Crippen MR) is 175 cm³/mol. The molecule has 1 aromatic carbocycles. The van der Waals surface area contributed by atoms with E-state index in [0.717, 1.165) is 23.0 Å². The first-order valence-corrected chi connectivity index (χ1v) is 17.6. The topological polar surface area (TPSA) is 140 Å². The average Bonchev–Trinajstić information content (AvgIpc) is 3.45. The van der Waals surface area contributed by atoms with Gasteiger partial charge in [-0.2, -0.15) is 21.6 Å². The van der Waals surface area contributed by atoms with Crippen molar-refractivity contribution >= 4 is 39.3 Å². The van der Waals surface area contributed by atoms with Gasteiger partial charge in [0, 0.05) is 29.2 Å². The number of aryl methyl sites for hydroxylation is 1. The summed E-state index contributed by atoms with van der Waals surface area (Å²) in [6, 6.07) is 6.14. The summed E-state index contributed by atoms with van der Waals surface area (Å²) in [5.41, 5.74) is -0.794. The van der Waals surface area contributed by atoms with Crippen LogP contribution >= 0.6 is 11.3 Å². The summed E-state index contributed by atoms with van der Waals surface area (Å²) in [7, 11) is -4.05. The number of esters is 1. The van der Waals surface area contributed by atoms with Crippen LogP contribution in [0.5, 0.6) is 0 Å². The van der Waals surface area contributed by atoms with Crippen molar-refractivity contribution in [3.63, 3.8) is 0 Å². The van der Waals surface area contributed by atoms with Crippen molar-refractivity contribution in [1.29, 1.82) is 0 Å². The summed E-state index contributed by atoms with van der Waals surface area (Å²) in [5, 5.41) is 23.5. The first kappa shape index (κ1) is 39.3. The number of alkyl halides is 3. The van der Waals surface area contributed by atoms with Crippen LogP contribution in [0.1, 0.15) is 70.1 Å². The molecule has 0 aliphatic carbocycles. The maximum atomic E-state index is 14.0. The summed E-state index contributed by atoms with van der Waals surface area (Å²) in [4.78, 5) is 30.6. The number of aromatic nitrogens is 1. The van der Waals surface area contributed by atoms with E-state index in [1.165, 1.54) is 51.1 Å². The first-order chi connectivity index (χ1) is 22.2. The van der Waals surface area contributed by atoms with E-state index in [1.54, 1.807) is 31.4 Å². The van der Waals surface area contributed by atoms with Crippen molar-refractivity contribution in [2.75, 3.05) is 0 Å². The highest BCUT2D eigenvalue weighted by atomic mass is 32.2. The molecular formula is C34H42F3NO8S2. The zero-order valence-corrected chi connectivity index (χ0v) is 29.3. The number of carbonyl (C=O) groups excluding carboxylic acids is 2. The molecule has 1 unspecified atom stereocenters. The predicted octanol–water partition coefficient (Wildman–Crippen LogP) is 6.49. The Labute approximate surface area is 283 Å². The number of ether oxygens (including phenoxy) is 1. The number of aliphatic hydroxyl groups is 2. The lowest BCUT2D eigenvalue weighted by Crippen LogP contribution is -2.45. The van der Waals surface area contributed by atoms with E-state index < -0.39 is 82.0 Å². The fourth-order valence-electron chi connectivity index (χ4n) is 5.08. The molecule has 1 aliphatic rings. The van der Waals surface area contributed by atoms with E-state index in [0.29, 0.717) is 16.3 Å². The monoisotopic (exact) mass is 713 g/mol. The Balaban J connectivity index is 1.90. The number of rotatable bonds is 6. The van der Waals surface area contributed by atoms with Gasteiger partial charge in [-0.1, -0.05) is 63.6 Å². The quantitative estimate of drug-likeness (QED) is 0.195. The summed E-state index contributed by atoms with van der Waals surface area (Å²) in [6.45, 7) is 8.97. The molecule has 0 bridgehead atoms. The number of carbonyl (C=O) groups is 2. The lowest BCUT2D eigenvalue weighted by Gasteiger charge is -2.34. The molecule has 2 heterocycles. The molecule has 2 N–H and O–H groups in total. The molecule has 9 nitrogen and oxygen atoms in total. The Morgan fingerprint density at radius 2 is 1.81 bits per heavy atom. The molecule has 0 amide bonds. The van der Waals surface area contributed by atoms with Gasteiger partial charge in [0.15, 0.2) is 0 Å². The number of allylic oxidation sites excluding steroid dienone is 2. The zero-order valence-electron chi connectivity index (χ0n) is 27.7. The smallest absolute Gasteiger partial charge is 0.412 e. The van der Waals surface area contributed by atoms with Crippen LogP contribution in [-0.4, -0.2) is 59.9 Å². The Bertz CT molecular complexity index is 1640. The molecule has 0 radical (unpaired) electrons. The van der Waals surface area contributed by atoms with Gasteiger partial charge in [-0.05, 0) is 44.1 Å². The van der Waals surface area contributed by atoms with Crippen LogP contribution in [-0.2, 0) is 35.2 Å². The number of ketones is 1. The van der Waals surface area contributed by atoms with Gasteiger partial charge in [0.1, 0.15) is 23.5 Å². The van der Waals surface area contributed by atoms with Crippen LogP contribution in [0.25, 0.3) is 6.08 Å². The van der Waals surface area contributed by atoms with Crippen LogP contribution in [0, 0.1) is 24.2 Å². The normalized spacial score (nSPS) is 27.2. The molecule has 5 atom stereocenters. The largest absolute Gasteiger partial charge is 0.457 e. The molecule has 0 saturated carbocycles. The highest BCUT2D eigenvalue weighted by Gasteiger charge is 2.42. The molecular weight excluding hydrogens is 672 g/mol. The van der Waals surface area contributed by atoms with Crippen molar-refractivity contribution in [1.82, 2.24) is 4.98 Å². The number of benzene rings is 1. The molecule has 3 rings (SSSR count). The fraction of sp³-hybridized carbons (Fsp3) is 0.500. The molecule has 1 aromatic heterocycles. The van der Waals surface area contributed by atoms with Crippen LogP contribution < -0.4 is 0 Å². The second-order valence-electron chi connectivity index (χ2n) is 12.6. The highest BCUT2D eigenvalue weighted by molar-refractivity contribution is 7.86. The highest BCUT2D eigenvalue weighted by Crippen LogP contribution is 2.33. The van der Waals surface area contributed by atoms with Gasteiger partial charge in [-0.15, -0.1) is 11.3 Å². The Kier molecular flexibility index (Phi) is 13.1. The molecule has 2 aromatic rings. The van der Waals surface area contributed by atoms with E-state index in [2.05, 4.69) is 4.98 Å². The molecule has 264 valence electrons. The van der Waals surface area contributed by atoms with Gasteiger partial charge in [-0.3, -0.25) is 13.8 Å². The SMILES string of the molecule is C/C(=C\c1csc(COS(=O)(=O)c2ccc(C)cc2)n1)C1C/C=C(/C(F)(F)F)C/C=C/[C@H](C)[C@H](O)[C@@H](C)C(=O)C(C)(C)[C@@H](O)CC(=O)O1. The number of hydrogen-bond donors (Lipinski definition) is 2. The Morgan fingerprint density at radius 1 is 1.17 bits per heavy atom. The van der Waals surface area contributed by atoms with Gasteiger partial charge in [-0.25, -0.2) is 4.98 Å². The van der Waals surface area contributed by atoms with Crippen LogP contribution in [0.4, 0.5) is 13.2 Å². The third-order valence-electron chi connectivity index (χ3n) is 8.39. The molecule has 0 saturated heterocycles. The summed E-state index contributed by atoms with van der Waals surface area (Å²) in [6.07, 6.45) is -4.99. The second kappa shape index (κ2) is 16.0. The van der Waals surface area contributed by atoms with E-state index in [1.807, 2.05) is 6.92 Å². The lowest BCUT2D eigenvalue weighted by atomic mass is 9.73. The number of aliphatic hydroxyl groups excluding tert-OH is 2. The van der Waals surface area contributed by atoms with Crippen molar-refractivity contribution < 1.29 is 50.3 Å². The van der Waals surface area contributed by atoms with Crippen LogP contribution in [0.15, 0.2) is 63.9 Å². The number of cyclic esters (lactones) is 1. The van der Waals surface area contributed by atoms with Crippen LogP contribution in [0.3, 0.4) is 0 Å². The number of thiazole rings is 1. The molecule has 14 heteroatoms. The van der Waals surface area contributed by atoms with E-state index in [-0.39, 0.29) is 17.9 Å². The number of halogens is 3. The van der Waals surface area contributed by atoms with Crippen molar-refractivity contribution in [3.8, 4) is 0 Å². The van der Waals surface area contributed by atoms with E-state index >= 15 is 0 Å². The van der Waals surface area contributed by atoms with Gasteiger partial charge >= 0.3 is 12.1 Å². The minimum atomic E-state index is -4.70. The number of nitrogens with zero attached hydrogens (tertiary/aromatic N) is 1. The molecule has 48 heavy (non-hydrogen) atoms. The zero-order chi connectivity index (χ0) is 36.0. The summed E-state index contributed by atoms with van der Waals surface area (Å²) >= 11 is 1.10. The average molecular weight is 714 g/mol. The summed E-state index contributed by atoms with van der Waals surface area (Å²) in [5.74, 6) is -3.10. The maximum absolute atomic E-state index is 14.0. The molecule has 0 spiro atoms. The third kappa shape index (κ3) is 10.4. The van der Waals surface area contributed by atoms with Gasteiger partial charge in [0.25, 0.3) is 10.1 Å². The lowest BCUT2D eigenvalue weighted by molar-refractivity contribution is -0.154.